The van der Waals surface area contributed by atoms with E-state index in [1.54, 1.807) is 0 Å². The Morgan fingerprint density at radius 3 is 2.91 bits per heavy atom. The van der Waals surface area contributed by atoms with Crippen LogP contribution in [0.2, 0.25) is 0 Å². The van der Waals surface area contributed by atoms with Crippen molar-refractivity contribution in [1.82, 2.24) is 9.80 Å². The third-order valence-electron chi connectivity index (χ3n) is 5.85. The van der Waals surface area contributed by atoms with E-state index in [0.29, 0.717) is 6.10 Å². The highest BCUT2D eigenvalue weighted by molar-refractivity contribution is 5.94. The summed E-state index contributed by atoms with van der Waals surface area (Å²) in [6.45, 7) is 6.93. The number of nitrogens with zero attached hydrogens (tertiary/aromatic N) is 2. The summed E-state index contributed by atoms with van der Waals surface area (Å²) >= 11 is 0. The maximum atomic E-state index is 12.8. The molecular weight excluding hydrogens is 288 g/mol. The van der Waals surface area contributed by atoms with Crippen LogP contribution in [-0.2, 0) is 4.74 Å². The van der Waals surface area contributed by atoms with Crippen LogP contribution in [-0.4, -0.2) is 60.1 Å². The average Bonchev–Trinajstić information content (AvgIpc) is 3.21. The molecule has 0 saturated carbocycles. The minimum absolute atomic E-state index is 0.189. The van der Waals surface area contributed by atoms with Gasteiger partial charge < -0.3 is 9.64 Å². The molecule has 0 N–H and O–H groups in total. The maximum Gasteiger partial charge on any atom is 0.253 e. The Morgan fingerprint density at radius 2 is 2.22 bits per heavy atom. The molecule has 0 bridgehead atoms. The largest absolute Gasteiger partial charge is 0.377 e. The monoisotopic (exact) mass is 314 g/mol. The van der Waals surface area contributed by atoms with Gasteiger partial charge >= 0.3 is 0 Å². The van der Waals surface area contributed by atoms with Crippen LogP contribution in [0.25, 0.3) is 0 Å². The van der Waals surface area contributed by atoms with Gasteiger partial charge in [-0.15, -0.1) is 0 Å². The van der Waals surface area contributed by atoms with E-state index in [2.05, 4.69) is 9.80 Å². The van der Waals surface area contributed by atoms with Crippen molar-refractivity contribution < 1.29 is 9.53 Å². The van der Waals surface area contributed by atoms with Gasteiger partial charge in [0.25, 0.3) is 5.91 Å². The van der Waals surface area contributed by atoms with Crippen molar-refractivity contribution in [3.63, 3.8) is 0 Å². The van der Waals surface area contributed by atoms with Gasteiger partial charge in [0.15, 0.2) is 0 Å². The fourth-order valence-electron chi connectivity index (χ4n) is 4.36. The Bertz CT molecular complexity index is 597. The smallest absolute Gasteiger partial charge is 0.253 e. The van der Waals surface area contributed by atoms with Gasteiger partial charge in [0.2, 0.25) is 0 Å². The van der Waals surface area contributed by atoms with Gasteiger partial charge in [0.1, 0.15) is 0 Å². The van der Waals surface area contributed by atoms with Crippen LogP contribution in [0.5, 0.6) is 0 Å². The van der Waals surface area contributed by atoms with Crippen LogP contribution >= 0.6 is 0 Å². The highest BCUT2D eigenvalue weighted by Crippen LogP contribution is 2.40. The van der Waals surface area contributed by atoms with Crippen molar-refractivity contribution >= 4 is 5.91 Å². The molecule has 1 aromatic rings. The Morgan fingerprint density at radius 1 is 1.35 bits per heavy atom. The van der Waals surface area contributed by atoms with Gasteiger partial charge in [-0.05, 0) is 44.7 Å². The number of ether oxygens (including phenoxy) is 1. The van der Waals surface area contributed by atoms with Crippen LogP contribution in [0.3, 0.4) is 0 Å². The fourth-order valence-corrected chi connectivity index (χ4v) is 4.36. The highest BCUT2D eigenvalue weighted by atomic mass is 16.5. The van der Waals surface area contributed by atoms with E-state index in [-0.39, 0.29) is 11.4 Å². The first-order valence-corrected chi connectivity index (χ1v) is 8.89. The van der Waals surface area contributed by atoms with Crippen molar-refractivity contribution in [3.8, 4) is 0 Å². The SMILES string of the molecule is Cc1cccc(C(=O)N2CC[C@@]3(CCN3C[C@@H]3CCCO3)C2)c1. The predicted octanol–water partition coefficient (Wildman–Crippen LogP) is 2.46. The summed E-state index contributed by atoms with van der Waals surface area (Å²) in [6, 6.07) is 7.95. The van der Waals surface area contributed by atoms with E-state index in [4.69, 9.17) is 4.74 Å². The number of hydrogen-bond acceptors (Lipinski definition) is 3. The number of hydrogen-bond donors (Lipinski definition) is 0. The van der Waals surface area contributed by atoms with Crippen molar-refractivity contribution in [2.75, 3.05) is 32.8 Å². The lowest BCUT2D eigenvalue weighted by Gasteiger charge is -2.51. The van der Waals surface area contributed by atoms with Crippen LogP contribution in [0.1, 0.15) is 41.6 Å². The van der Waals surface area contributed by atoms with Crippen LogP contribution in [0.15, 0.2) is 24.3 Å². The fraction of sp³-hybridized carbons (Fsp3) is 0.632. The minimum atomic E-state index is 0.189. The Hall–Kier alpha value is -1.39. The summed E-state index contributed by atoms with van der Waals surface area (Å²) in [5.74, 6) is 0.189. The second-order valence-electron chi connectivity index (χ2n) is 7.40. The number of carbonyl (C=O) groups is 1. The molecule has 4 heteroatoms. The first-order valence-electron chi connectivity index (χ1n) is 8.89. The summed E-state index contributed by atoms with van der Waals surface area (Å²) in [6.07, 6.45) is 5.13. The number of rotatable bonds is 3. The molecule has 1 amide bonds. The number of carbonyl (C=O) groups excluding carboxylic acids is 1. The molecule has 3 aliphatic rings. The lowest BCUT2D eigenvalue weighted by Crippen LogP contribution is -2.63. The van der Waals surface area contributed by atoms with E-state index in [1.165, 1.54) is 19.3 Å². The zero-order chi connectivity index (χ0) is 15.9. The van der Waals surface area contributed by atoms with Gasteiger partial charge in [-0.1, -0.05) is 17.7 Å². The second kappa shape index (κ2) is 5.91. The first kappa shape index (κ1) is 15.2. The predicted molar refractivity (Wildman–Crippen MR) is 89.6 cm³/mol. The zero-order valence-electron chi connectivity index (χ0n) is 14.0. The molecule has 0 aromatic heterocycles. The topological polar surface area (TPSA) is 32.8 Å². The summed E-state index contributed by atoms with van der Waals surface area (Å²) in [5, 5.41) is 0. The van der Waals surface area contributed by atoms with Gasteiger partial charge in [0, 0.05) is 43.9 Å². The molecule has 0 unspecified atom stereocenters. The third kappa shape index (κ3) is 2.79. The quantitative estimate of drug-likeness (QED) is 0.859. The average molecular weight is 314 g/mol. The maximum absolute atomic E-state index is 12.8. The van der Waals surface area contributed by atoms with E-state index in [9.17, 15) is 4.79 Å². The van der Waals surface area contributed by atoms with E-state index >= 15 is 0 Å². The summed E-state index contributed by atoms with van der Waals surface area (Å²) in [4.78, 5) is 17.4. The zero-order valence-corrected chi connectivity index (χ0v) is 14.0. The van der Waals surface area contributed by atoms with E-state index in [1.807, 2.05) is 31.2 Å². The number of amides is 1. The molecular formula is C19H26N2O2. The van der Waals surface area contributed by atoms with Gasteiger partial charge in [0.05, 0.1) is 6.10 Å². The van der Waals surface area contributed by atoms with E-state index in [0.717, 1.165) is 50.3 Å². The van der Waals surface area contributed by atoms with Gasteiger partial charge in [-0.3, -0.25) is 9.69 Å². The normalized spacial score (nSPS) is 30.8. The molecule has 4 nitrogen and oxygen atoms in total. The van der Waals surface area contributed by atoms with Crippen molar-refractivity contribution in [2.45, 2.75) is 44.2 Å². The summed E-state index contributed by atoms with van der Waals surface area (Å²) < 4.78 is 5.80. The molecule has 3 heterocycles. The van der Waals surface area contributed by atoms with Gasteiger partial charge in [-0.2, -0.15) is 0 Å². The van der Waals surface area contributed by atoms with Crippen molar-refractivity contribution in [2.24, 2.45) is 0 Å². The molecule has 3 aliphatic heterocycles. The summed E-state index contributed by atoms with van der Waals surface area (Å²) in [7, 11) is 0. The van der Waals surface area contributed by atoms with Crippen molar-refractivity contribution in [1.29, 1.82) is 0 Å². The molecule has 2 atom stereocenters. The number of likely N-dealkylation sites (tertiary alicyclic amines) is 2. The lowest BCUT2D eigenvalue weighted by atomic mass is 9.83. The Kier molecular flexibility index (Phi) is 3.90. The number of benzene rings is 1. The highest BCUT2D eigenvalue weighted by Gasteiger charge is 2.50. The van der Waals surface area contributed by atoms with Crippen molar-refractivity contribution in [3.05, 3.63) is 35.4 Å². The standard InChI is InChI=1S/C19H26N2O2/c1-15-4-2-5-16(12-15)18(22)20-9-7-19(14-20)8-10-21(19)13-17-6-3-11-23-17/h2,4-5,12,17H,3,6-11,13-14H2,1H3/t17-,19+/m0/s1. The second-order valence-corrected chi connectivity index (χ2v) is 7.40. The molecule has 1 aromatic carbocycles. The van der Waals surface area contributed by atoms with E-state index < -0.39 is 0 Å². The minimum Gasteiger partial charge on any atom is -0.377 e. The van der Waals surface area contributed by atoms with Crippen LogP contribution in [0, 0.1) is 6.92 Å². The van der Waals surface area contributed by atoms with Gasteiger partial charge in [-0.25, -0.2) is 0 Å². The molecule has 124 valence electrons. The molecule has 3 saturated heterocycles. The molecule has 1 spiro atoms. The van der Waals surface area contributed by atoms with Crippen LogP contribution in [0.4, 0.5) is 0 Å². The Balaban J connectivity index is 1.41. The Labute approximate surface area is 138 Å². The first-order chi connectivity index (χ1) is 11.2. The number of aryl methyl sites for hydroxylation is 1. The molecule has 4 rings (SSSR count). The third-order valence-corrected chi connectivity index (χ3v) is 5.85. The summed E-state index contributed by atoms with van der Waals surface area (Å²) in [5.41, 5.74) is 2.20. The molecule has 0 radical (unpaired) electrons. The molecule has 23 heavy (non-hydrogen) atoms. The lowest BCUT2D eigenvalue weighted by molar-refractivity contribution is -0.0419. The van der Waals surface area contributed by atoms with Crippen LogP contribution < -0.4 is 0 Å². The molecule has 3 fully saturated rings. The molecule has 0 aliphatic carbocycles.